The number of aliphatic hydroxyl groups excluding tert-OH is 7. The maximum atomic E-state index is 13.1. The number of amides is 3. The molecule has 0 aliphatic carbocycles. The van der Waals surface area contributed by atoms with Gasteiger partial charge in [-0.3, -0.25) is 14.4 Å². The molecule has 17 nitrogen and oxygen atoms in total. The highest BCUT2D eigenvalue weighted by atomic mass is 16.7. The molecule has 2 fully saturated rings. The fraction of sp³-hybridized carbons (Fsp3) is 0.844. The topological polar surface area (TPSA) is 266 Å². The molecule has 10 N–H and O–H groups in total. The minimum atomic E-state index is -1.81. The molecule has 0 aromatic rings. The molecule has 0 radical (unpaired) electrons. The predicted octanol–water partition coefficient (Wildman–Crippen LogP) is -2.55. The van der Waals surface area contributed by atoms with Crippen LogP contribution in [0.1, 0.15) is 71.1 Å². The monoisotopic (exact) mass is 707 g/mol. The van der Waals surface area contributed by atoms with Gasteiger partial charge in [-0.2, -0.15) is 0 Å². The van der Waals surface area contributed by atoms with Crippen LogP contribution in [0.3, 0.4) is 0 Å². The van der Waals surface area contributed by atoms with Crippen LogP contribution >= 0.6 is 0 Å². The van der Waals surface area contributed by atoms with Crippen molar-refractivity contribution in [3.63, 3.8) is 0 Å². The summed E-state index contributed by atoms with van der Waals surface area (Å²) in [7, 11) is 0. The number of rotatable bonds is 23. The van der Waals surface area contributed by atoms with Crippen molar-refractivity contribution in [1.82, 2.24) is 16.0 Å². The molecule has 0 saturated carbocycles. The molecule has 0 aromatic heterocycles. The van der Waals surface area contributed by atoms with E-state index in [9.17, 15) is 50.1 Å². The number of hydrogen-bond acceptors (Lipinski definition) is 14. The Balaban J connectivity index is 1.99. The van der Waals surface area contributed by atoms with Crippen molar-refractivity contribution in [3.05, 3.63) is 12.7 Å². The molecule has 0 bridgehead atoms. The van der Waals surface area contributed by atoms with Gasteiger partial charge < -0.3 is 70.6 Å². The van der Waals surface area contributed by atoms with E-state index in [1.807, 2.05) is 0 Å². The summed E-state index contributed by atoms with van der Waals surface area (Å²) in [6.45, 7) is 4.36. The van der Waals surface area contributed by atoms with Crippen LogP contribution in [0, 0.1) is 0 Å². The molecular weight excluding hydrogens is 650 g/mol. The predicted molar refractivity (Wildman–Crippen MR) is 172 cm³/mol. The second kappa shape index (κ2) is 23.2. The van der Waals surface area contributed by atoms with Gasteiger partial charge in [-0.1, -0.05) is 52.0 Å². The Hall–Kier alpha value is -2.29. The lowest BCUT2D eigenvalue weighted by atomic mass is 9.97. The molecule has 2 aliphatic rings. The zero-order chi connectivity index (χ0) is 36.3. The second-order valence-electron chi connectivity index (χ2n) is 12.3. The molecule has 4 unspecified atom stereocenters. The van der Waals surface area contributed by atoms with E-state index in [0.29, 0.717) is 32.4 Å². The van der Waals surface area contributed by atoms with Crippen molar-refractivity contribution in [1.29, 1.82) is 0 Å². The average Bonchev–Trinajstić information content (AvgIpc) is 3.09. The van der Waals surface area contributed by atoms with E-state index in [4.69, 9.17) is 18.9 Å². The highest BCUT2D eigenvalue weighted by Crippen LogP contribution is 2.29. The van der Waals surface area contributed by atoms with Gasteiger partial charge in [-0.05, 0) is 25.3 Å². The van der Waals surface area contributed by atoms with E-state index >= 15 is 0 Å². The number of nitrogens with one attached hydrogen (secondary N) is 3. The lowest BCUT2D eigenvalue weighted by molar-refractivity contribution is -0.359. The van der Waals surface area contributed by atoms with Crippen LogP contribution in [0.2, 0.25) is 0 Å². The molecule has 2 aliphatic heterocycles. The minimum absolute atomic E-state index is 0.0986. The van der Waals surface area contributed by atoms with Crippen LogP contribution in [0.25, 0.3) is 0 Å². The molecule has 2 saturated heterocycles. The molecule has 17 heteroatoms. The number of carbonyl (C=O) groups is 3. The third-order valence-corrected chi connectivity index (χ3v) is 8.43. The van der Waals surface area contributed by atoms with E-state index in [0.717, 1.165) is 38.5 Å². The van der Waals surface area contributed by atoms with Crippen LogP contribution in [-0.4, -0.2) is 154 Å². The molecule has 49 heavy (non-hydrogen) atoms. The summed E-state index contributed by atoms with van der Waals surface area (Å²) >= 11 is 0. The van der Waals surface area contributed by atoms with Gasteiger partial charge in [0.05, 0.1) is 19.8 Å². The van der Waals surface area contributed by atoms with E-state index in [1.54, 1.807) is 0 Å². The molecular formula is C32H57N3O14. The van der Waals surface area contributed by atoms with Crippen molar-refractivity contribution in [2.75, 3.05) is 32.9 Å². The first-order valence-electron chi connectivity index (χ1n) is 17.2. The van der Waals surface area contributed by atoms with Gasteiger partial charge in [0.15, 0.2) is 12.6 Å². The molecule has 0 aromatic carbocycles. The highest BCUT2D eigenvalue weighted by Gasteiger charge is 2.50. The van der Waals surface area contributed by atoms with Gasteiger partial charge in [-0.15, -0.1) is 0 Å². The zero-order valence-electron chi connectivity index (χ0n) is 28.2. The Morgan fingerprint density at radius 1 is 0.755 bits per heavy atom. The zero-order valence-corrected chi connectivity index (χ0v) is 28.2. The van der Waals surface area contributed by atoms with Crippen LogP contribution in [0.4, 0.5) is 0 Å². The van der Waals surface area contributed by atoms with E-state index in [1.165, 1.54) is 6.08 Å². The molecule has 3 amide bonds. The maximum absolute atomic E-state index is 13.1. The SMILES string of the molecule is C=CC(=O)NCCCCCC(=O)N[C@@H](CO[C@@H]1O[C@@H](CO)[C@@H](O[C@@H]2OC(CO)[C@H](O)[C@H](O)C2O)C(O)C1O)C(=O)NCCCCCCCC. The summed E-state index contributed by atoms with van der Waals surface area (Å²) in [4.78, 5) is 37.1. The summed E-state index contributed by atoms with van der Waals surface area (Å²) in [6.07, 6.45) is -7.17. The first-order valence-corrected chi connectivity index (χ1v) is 17.2. The summed E-state index contributed by atoms with van der Waals surface area (Å²) in [5.41, 5.74) is 0. The fourth-order valence-corrected chi connectivity index (χ4v) is 5.44. The maximum Gasteiger partial charge on any atom is 0.244 e. The van der Waals surface area contributed by atoms with Gasteiger partial charge in [0.2, 0.25) is 17.7 Å². The number of hydrogen-bond donors (Lipinski definition) is 10. The molecule has 0 spiro atoms. The van der Waals surface area contributed by atoms with Crippen molar-refractivity contribution >= 4 is 17.7 Å². The van der Waals surface area contributed by atoms with Gasteiger partial charge in [0, 0.05) is 19.5 Å². The minimum Gasteiger partial charge on any atom is -0.394 e. The van der Waals surface area contributed by atoms with Gasteiger partial charge in [-0.25, -0.2) is 0 Å². The Bertz CT molecular complexity index is 989. The molecule has 11 atom stereocenters. The van der Waals surface area contributed by atoms with E-state index in [-0.39, 0.29) is 12.3 Å². The Morgan fingerprint density at radius 3 is 2.00 bits per heavy atom. The first-order chi connectivity index (χ1) is 23.5. The molecule has 284 valence electrons. The van der Waals surface area contributed by atoms with Crippen LogP contribution in [-0.2, 0) is 33.3 Å². The Morgan fingerprint density at radius 2 is 1.35 bits per heavy atom. The first kappa shape index (κ1) is 42.9. The lowest BCUT2D eigenvalue weighted by Gasteiger charge is -2.46. The number of aliphatic hydroxyl groups is 7. The number of unbranched alkanes of at least 4 members (excludes halogenated alkanes) is 7. The lowest BCUT2D eigenvalue weighted by Crippen LogP contribution is -2.65. The van der Waals surface area contributed by atoms with Crippen LogP contribution in [0.15, 0.2) is 12.7 Å². The Kier molecular flexibility index (Phi) is 20.3. The van der Waals surface area contributed by atoms with Crippen molar-refractivity contribution in [2.24, 2.45) is 0 Å². The van der Waals surface area contributed by atoms with E-state index in [2.05, 4.69) is 29.5 Å². The van der Waals surface area contributed by atoms with Gasteiger partial charge >= 0.3 is 0 Å². The van der Waals surface area contributed by atoms with E-state index < -0.39 is 99.1 Å². The number of carbonyl (C=O) groups excluding carboxylic acids is 3. The van der Waals surface area contributed by atoms with Crippen molar-refractivity contribution in [3.8, 4) is 0 Å². The quantitative estimate of drug-likeness (QED) is 0.0387. The summed E-state index contributed by atoms with van der Waals surface area (Å²) in [5, 5.41) is 79.6. The fourth-order valence-electron chi connectivity index (χ4n) is 5.44. The summed E-state index contributed by atoms with van der Waals surface area (Å²) in [5.74, 6) is -1.23. The van der Waals surface area contributed by atoms with Gasteiger partial charge in [0.25, 0.3) is 0 Å². The van der Waals surface area contributed by atoms with Crippen LogP contribution in [0.5, 0.6) is 0 Å². The number of ether oxygens (including phenoxy) is 4. The molecule has 2 heterocycles. The summed E-state index contributed by atoms with van der Waals surface area (Å²) in [6, 6.07) is -1.19. The van der Waals surface area contributed by atoms with Gasteiger partial charge in [0.1, 0.15) is 54.9 Å². The summed E-state index contributed by atoms with van der Waals surface area (Å²) < 4.78 is 22.2. The molecule has 2 rings (SSSR count). The highest BCUT2D eigenvalue weighted by molar-refractivity contribution is 5.87. The smallest absolute Gasteiger partial charge is 0.244 e. The second-order valence-corrected chi connectivity index (χ2v) is 12.3. The largest absolute Gasteiger partial charge is 0.394 e. The Labute approximate surface area is 286 Å². The third-order valence-electron chi connectivity index (χ3n) is 8.43. The van der Waals surface area contributed by atoms with Crippen molar-refractivity contribution in [2.45, 2.75) is 139 Å². The van der Waals surface area contributed by atoms with Crippen LogP contribution < -0.4 is 16.0 Å². The normalized spacial score (nSPS) is 30.7. The standard InChI is InChI=1S/C32H57N3O14/c1-3-5-6-7-8-11-15-34-30(45)19(35-23(39)13-10-9-12-14-33-22(38)4-2)18-46-31-28(44)26(42)29(21(17-37)48-31)49-32-27(43)25(41)24(40)20(16-36)47-32/h4,19-21,24-29,31-32,36-37,40-44H,2-3,5-18H2,1H3,(H,33,38)(H,34,45)(H,35,39)/t19-,20?,21-,24-,25-,26?,27?,28?,29+,31+,32-/m0/s1. The van der Waals surface area contributed by atoms with Crippen molar-refractivity contribution < 1.29 is 69.1 Å². The third kappa shape index (κ3) is 14.1. The average molecular weight is 708 g/mol.